The lowest BCUT2D eigenvalue weighted by atomic mass is 10.1. The van der Waals surface area contributed by atoms with E-state index in [-0.39, 0.29) is 4.48 Å². The van der Waals surface area contributed by atoms with Crippen LogP contribution in [-0.2, 0) is 6.54 Å². The monoisotopic (exact) mass is 365 g/mol. The van der Waals surface area contributed by atoms with Crippen molar-refractivity contribution in [3.05, 3.63) is 65.2 Å². The summed E-state index contributed by atoms with van der Waals surface area (Å²) >= 11 is 6.27. The van der Waals surface area contributed by atoms with Crippen molar-refractivity contribution in [1.82, 2.24) is 24.2 Å². The van der Waals surface area contributed by atoms with Crippen molar-refractivity contribution in [2.45, 2.75) is 25.3 Å². The van der Waals surface area contributed by atoms with Gasteiger partial charge in [-0.05, 0) is 31.0 Å². The molecule has 1 unspecified atom stereocenters. The van der Waals surface area contributed by atoms with E-state index in [0.29, 0.717) is 23.5 Å². The molecule has 3 aromatic rings. The Morgan fingerprint density at radius 2 is 2.19 bits per heavy atom. The first-order chi connectivity index (χ1) is 12.7. The molecule has 1 fully saturated rings. The number of fused-ring (bicyclic) bond motifs is 5. The third-order valence-corrected chi connectivity index (χ3v) is 5.43. The molecule has 1 aromatic carbocycles. The molecule has 1 atom stereocenters. The molecule has 128 valence electrons. The van der Waals surface area contributed by atoms with Crippen molar-refractivity contribution in [1.29, 1.82) is 0 Å². The van der Waals surface area contributed by atoms with Gasteiger partial charge in [-0.1, -0.05) is 16.8 Å². The second-order valence-electron chi connectivity index (χ2n) is 6.90. The Morgan fingerprint density at radius 1 is 1.27 bits per heavy atom. The summed E-state index contributed by atoms with van der Waals surface area (Å²) < 4.78 is 8.03. The number of halogens is 1. The number of hydrogen-bond donors (Lipinski definition) is 0. The second-order valence-corrected chi connectivity index (χ2v) is 7.34. The third-order valence-electron chi connectivity index (χ3n) is 5.20. The van der Waals surface area contributed by atoms with Gasteiger partial charge in [-0.2, -0.15) is 9.48 Å². The number of rotatable bonds is 2. The van der Waals surface area contributed by atoms with Crippen molar-refractivity contribution < 1.29 is 4.52 Å². The molecule has 4 heterocycles. The molecule has 1 aliphatic carbocycles. The highest BCUT2D eigenvalue weighted by molar-refractivity contribution is 6.31. The molecule has 0 bridgehead atoms. The molecule has 2 aliphatic heterocycles. The maximum Gasteiger partial charge on any atom is 0.439 e. The fraction of sp³-hybridized carbons (Fsp3) is 0.222. The summed E-state index contributed by atoms with van der Waals surface area (Å²) in [5, 5.41) is 4.89. The molecule has 3 aliphatic rings. The number of nitrogens with zero attached hydrogens (tertiary/aromatic N) is 6. The quantitative estimate of drug-likeness (QED) is 0.651. The van der Waals surface area contributed by atoms with E-state index in [4.69, 9.17) is 21.1 Å². The minimum Gasteiger partial charge on any atom is -0.297 e. The highest BCUT2D eigenvalue weighted by Crippen LogP contribution is 2.42. The van der Waals surface area contributed by atoms with Crippen LogP contribution >= 0.6 is 11.6 Å². The average molecular weight is 366 g/mol. The lowest BCUT2D eigenvalue weighted by Gasteiger charge is -2.24. The van der Waals surface area contributed by atoms with Gasteiger partial charge in [0.05, 0.1) is 35.7 Å². The van der Waals surface area contributed by atoms with Crippen LogP contribution in [0.2, 0.25) is 5.02 Å². The predicted molar refractivity (Wildman–Crippen MR) is 96.0 cm³/mol. The minimum absolute atomic E-state index is 0.264. The Morgan fingerprint density at radius 3 is 3.08 bits per heavy atom. The van der Waals surface area contributed by atoms with Crippen LogP contribution in [0.4, 0.5) is 6.01 Å². The van der Waals surface area contributed by atoms with Gasteiger partial charge in [0, 0.05) is 10.9 Å². The summed E-state index contributed by atoms with van der Waals surface area (Å²) in [5.41, 5.74) is 2.95. The number of aliphatic imine (C=N–C) groups is 1. The number of amidine groups is 1. The summed E-state index contributed by atoms with van der Waals surface area (Å²) in [6, 6.07) is 6.34. The lowest BCUT2D eigenvalue weighted by Crippen LogP contribution is -2.47. The summed E-state index contributed by atoms with van der Waals surface area (Å²) in [6.45, 7) is 0.591. The summed E-state index contributed by atoms with van der Waals surface area (Å²) in [4.78, 5) is 13.7. The standard InChI is InChI=1S/C18H14ClN6O/c19-12-3-4-14-15(7-12)24-10-20-8-13(24)9-25(6-5-21-17(14)25)18-22-16(23-26-18)11-1-2-11/h3-8,10-11H,1-2,9H2/q+1. The molecule has 26 heavy (non-hydrogen) atoms. The summed E-state index contributed by atoms with van der Waals surface area (Å²) in [5.74, 6) is 2.08. The van der Waals surface area contributed by atoms with Crippen LogP contribution in [0.15, 0.2) is 52.6 Å². The van der Waals surface area contributed by atoms with E-state index >= 15 is 0 Å². The molecule has 0 N–H and O–H groups in total. The van der Waals surface area contributed by atoms with E-state index in [9.17, 15) is 0 Å². The molecule has 0 radical (unpaired) electrons. The predicted octanol–water partition coefficient (Wildman–Crippen LogP) is 3.54. The third kappa shape index (κ3) is 1.87. The summed E-state index contributed by atoms with van der Waals surface area (Å²) in [6.07, 6.45) is 9.73. The average Bonchev–Trinajstić information content (AvgIpc) is 3.07. The molecular weight excluding hydrogens is 352 g/mol. The van der Waals surface area contributed by atoms with Gasteiger partial charge in [0.1, 0.15) is 12.7 Å². The topological polar surface area (TPSA) is 69.1 Å². The minimum atomic E-state index is 0.264. The van der Waals surface area contributed by atoms with Gasteiger partial charge in [-0.3, -0.25) is 9.09 Å². The van der Waals surface area contributed by atoms with Gasteiger partial charge in [0.15, 0.2) is 5.82 Å². The zero-order valence-electron chi connectivity index (χ0n) is 13.7. The van der Waals surface area contributed by atoms with Crippen molar-refractivity contribution in [3.8, 4) is 5.69 Å². The van der Waals surface area contributed by atoms with E-state index in [1.807, 2.05) is 35.2 Å². The number of hydrogen-bond acceptors (Lipinski definition) is 5. The number of imidazole rings is 1. The Balaban J connectivity index is 1.61. The van der Waals surface area contributed by atoms with E-state index in [2.05, 4.69) is 15.1 Å². The first-order valence-electron chi connectivity index (χ1n) is 8.54. The van der Waals surface area contributed by atoms with Gasteiger partial charge < -0.3 is 0 Å². The lowest BCUT2D eigenvalue weighted by molar-refractivity contribution is 0.340. The second kappa shape index (κ2) is 4.90. The largest absolute Gasteiger partial charge is 0.439 e. The van der Waals surface area contributed by atoms with Gasteiger partial charge in [0.2, 0.25) is 0 Å². The van der Waals surface area contributed by atoms with E-state index in [0.717, 1.165) is 41.4 Å². The number of aromatic nitrogens is 4. The molecule has 0 saturated heterocycles. The Kier molecular flexibility index (Phi) is 2.71. The normalized spacial score (nSPS) is 23.2. The Labute approximate surface area is 153 Å². The Bertz CT molecular complexity index is 1110. The van der Waals surface area contributed by atoms with Crippen molar-refractivity contribution in [2.24, 2.45) is 4.99 Å². The first kappa shape index (κ1) is 14.4. The van der Waals surface area contributed by atoms with Crippen LogP contribution < -0.4 is 4.48 Å². The Hall–Kier alpha value is -2.77. The SMILES string of the molecule is Clc1ccc2c(c1)-n1cncc1C[N+]1(c3nc(C4CC4)no3)C=CN=C21. The van der Waals surface area contributed by atoms with Gasteiger partial charge in [-0.15, -0.1) is 4.98 Å². The van der Waals surface area contributed by atoms with Gasteiger partial charge in [0.25, 0.3) is 5.84 Å². The highest BCUT2D eigenvalue weighted by Gasteiger charge is 2.48. The van der Waals surface area contributed by atoms with E-state index < -0.39 is 0 Å². The van der Waals surface area contributed by atoms with Gasteiger partial charge in [-0.25, -0.2) is 4.98 Å². The zero-order valence-corrected chi connectivity index (χ0v) is 14.5. The van der Waals surface area contributed by atoms with Crippen molar-refractivity contribution in [2.75, 3.05) is 0 Å². The van der Waals surface area contributed by atoms with Crippen LogP contribution in [-0.4, -0.2) is 25.5 Å². The highest BCUT2D eigenvalue weighted by atomic mass is 35.5. The molecule has 0 amide bonds. The smallest absolute Gasteiger partial charge is 0.297 e. The van der Waals surface area contributed by atoms with E-state index in [1.165, 1.54) is 0 Å². The maximum atomic E-state index is 6.27. The van der Waals surface area contributed by atoms with Crippen LogP contribution in [0.25, 0.3) is 5.69 Å². The molecule has 7 nitrogen and oxygen atoms in total. The van der Waals surface area contributed by atoms with Crippen LogP contribution in [0, 0.1) is 0 Å². The molecular formula is C18H14ClN6O+. The number of quaternary nitrogens is 1. The fourth-order valence-electron chi connectivity index (χ4n) is 3.73. The molecule has 0 spiro atoms. The van der Waals surface area contributed by atoms with Crippen LogP contribution in [0.5, 0.6) is 0 Å². The molecule has 8 heteroatoms. The molecule has 6 rings (SSSR count). The van der Waals surface area contributed by atoms with Crippen LogP contribution in [0.3, 0.4) is 0 Å². The fourth-order valence-corrected chi connectivity index (χ4v) is 3.89. The van der Waals surface area contributed by atoms with Crippen molar-refractivity contribution in [3.63, 3.8) is 0 Å². The molecule has 2 aromatic heterocycles. The van der Waals surface area contributed by atoms with Crippen LogP contribution in [0.1, 0.15) is 35.8 Å². The van der Waals surface area contributed by atoms with Gasteiger partial charge >= 0.3 is 6.01 Å². The maximum absolute atomic E-state index is 6.27. The summed E-state index contributed by atoms with van der Waals surface area (Å²) in [7, 11) is 0. The van der Waals surface area contributed by atoms with Crippen molar-refractivity contribution >= 4 is 23.5 Å². The first-order valence-corrected chi connectivity index (χ1v) is 8.92. The molecule has 1 saturated carbocycles. The zero-order chi connectivity index (χ0) is 17.3. The number of benzene rings is 1. The van der Waals surface area contributed by atoms with E-state index in [1.54, 1.807) is 12.5 Å².